The number of carbonyl (C=O) groups excluding carboxylic acids is 5. The predicted molar refractivity (Wildman–Crippen MR) is 155 cm³/mol. The van der Waals surface area contributed by atoms with Crippen LogP contribution in [0.5, 0.6) is 5.75 Å². The molecule has 3 aromatic carbocycles. The van der Waals surface area contributed by atoms with Crippen LogP contribution in [0.4, 0.5) is 0 Å². The van der Waals surface area contributed by atoms with Gasteiger partial charge in [-0.2, -0.15) is 5.01 Å². The van der Waals surface area contributed by atoms with Gasteiger partial charge in [-0.05, 0) is 79.6 Å². The molecular weight excluding hydrogens is 635 g/mol. The number of rotatable bonds is 7. The summed E-state index contributed by atoms with van der Waals surface area (Å²) in [4.78, 5) is 66.1. The third-order valence-corrected chi connectivity index (χ3v) is 7.96. The molecule has 1 aliphatic heterocycles. The summed E-state index contributed by atoms with van der Waals surface area (Å²) in [5.41, 5.74) is 0.498. The monoisotopic (exact) mass is 654 g/mol. The van der Waals surface area contributed by atoms with Crippen molar-refractivity contribution in [3.8, 4) is 5.75 Å². The fourth-order valence-electron chi connectivity index (χ4n) is 4.74. The van der Waals surface area contributed by atoms with E-state index in [1.807, 2.05) is 12.2 Å². The smallest absolute Gasteiger partial charge is 0.343 e. The largest absolute Gasteiger partial charge is 0.423 e. The number of halogens is 3. The molecule has 0 radical (unpaired) electrons. The molecule has 2 atom stereocenters. The zero-order valence-corrected chi connectivity index (χ0v) is 24.4. The Labute approximate surface area is 253 Å². The lowest BCUT2D eigenvalue weighted by Gasteiger charge is -2.30. The predicted octanol–water partition coefficient (Wildman–Crippen LogP) is 6.17. The van der Waals surface area contributed by atoms with E-state index in [9.17, 15) is 24.0 Å². The number of benzene rings is 3. The van der Waals surface area contributed by atoms with Crippen molar-refractivity contribution in [3.63, 3.8) is 0 Å². The zero-order valence-electron chi connectivity index (χ0n) is 21.3. The fourth-order valence-corrected chi connectivity index (χ4v) is 5.50. The third-order valence-electron chi connectivity index (χ3n) is 6.88. The summed E-state index contributed by atoms with van der Waals surface area (Å²) < 4.78 is 6.19. The van der Waals surface area contributed by atoms with E-state index in [-0.39, 0.29) is 21.9 Å². The van der Waals surface area contributed by atoms with Crippen LogP contribution in [0.25, 0.3) is 0 Å². The van der Waals surface area contributed by atoms with E-state index in [0.717, 1.165) is 14.5 Å². The van der Waals surface area contributed by atoms with E-state index >= 15 is 0 Å². The second-order valence-corrected chi connectivity index (χ2v) is 11.2. The first-order valence-electron chi connectivity index (χ1n) is 12.5. The SMILES string of the molecule is O=C(CN(C(=O)c1ccc(Cl)cc1Cl)N1C(=O)[C@H]2CC=CC[C@H]2C1=O)c1ccc(OC(=O)c2ccc(Br)cc2)cc1. The zero-order chi connectivity index (χ0) is 29.3. The van der Waals surface area contributed by atoms with E-state index in [0.29, 0.717) is 23.4 Å². The van der Waals surface area contributed by atoms with Crippen LogP contribution in [0.3, 0.4) is 0 Å². The molecule has 3 aromatic rings. The molecule has 0 saturated carbocycles. The maximum Gasteiger partial charge on any atom is 0.343 e. The van der Waals surface area contributed by atoms with Gasteiger partial charge in [0.2, 0.25) is 0 Å². The van der Waals surface area contributed by atoms with Crippen molar-refractivity contribution in [1.82, 2.24) is 10.0 Å². The van der Waals surface area contributed by atoms with Crippen molar-refractivity contribution in [3.05, 3.63) is 110 Å². The van der Waals surface area contributed by atoms with Crippen LogP contribution >= 0.6 is 39.1 Å². The highest BCUT2D eigenvalue weighted by Gasteiger charge is 2.51. The molecule has 0 spiro atoms. The summed E-state index contributed by atoms with van der Waals surface area (Å²) in [5.74, 6) is -4.05. The molecule has 11 heteroatoms. The van der Waals surface area contributed by atoms with Crippen molar-refractivity contribution in [2.45, 2.75) is 12.8 Å². The lowest BCUT2D eigenvalue weighted by atomic mass is 9.85. The van der Waals surface area contributed by atoms with E-state index < -0.39 is 47.9 Å². The number of esters is 1. The molecule has 0 bridgehead atoms. The Bertz CT molecular complexity index is 1560. The molecule has 5 rings (SSSR count). The quantitative estimate of drug-likeness (QED) is 0.0993. The molecule has 1 aliphatic carbocycles. The number of fused-ring (bicyclic) bond motifs is 1. The first-order valence-corrected chi connectivity index (χ1v) is 14.1. The number of allylic oxidation sites excluding steroid dienone is 2. The Morgan fingerprint density at radius 1 is 0.854 bits per heavy atom. The van der Waals surface area contributed by atoms with Crippen LogP contribution in [-0.2, 0) is 9.59 Å². The number of hydrazine groups is 1. The van der Waals surface area contributed by atoms with E-state index in [1.165, 1.54) is 42.5 Å². The minimum Gasteiger partial charge on any atom is -0.423 e. The summed E-state index contributed by atoms with van der Waals surface area (Å²) >= 11 is 15.6. The fraction of sp³-hybridized carbons (Fsp3) is 0.167. The molecule has 8 nitrogen and oxygen atoms in total. The molecule has 1 saturated heterocycles. The summed E-state index contributed by atoms with van der Waals surface area (Å²) in [6, 6.07) is 16.6. The Kier molecular flexibility index (Phi) is 8.40. The lowest BCUT2D eigenvalue weighted by Crippen LogP contribution is -2.52. The van der Waals surface area contributed by atoms with Crippen LogP contribution in [0.1, 0.15) is 43.9 Å². The molecule has 1 fully saturated rings. The van der Waals surface area contributed by atoms with Gasteiger partial charge in [0.05, 0.1) is 28.0 Å². The highest BCUT2D eigenvalue weighted by Crippen LogP contribution is 2.37. The number of amides is 3. The number of hydrogen-bond donors (Lipinski definition) is 0. The molecule has 1 heterocycles. The minimum atomic E-state index is -0.798. The standard InChI is InChI=1S/C30H21BrCl2N2O6/c31-19-9-5-18(6-10-19)30(40)41-21-12-7-17(8-13-21)26(36)16-34(27(37)24-14-11-20(32)15-25(24)33)35-28(38)22-3-1-2-4-23(22)29(35)39/h1-2,5-15,22-23H,3-4,16H2/t22-,23+. The van der Waals surface area contributed by atoms with Gasteiger partial charge in [0, 0.05) is 15.1 Å². The number of Topliss-reactive ketones (excluding diaryl/α,β-unsaturated/α-hetero) is 1. The van der Waals surface area contributed by atoms with Gasteiger partial charge in [0.15, 0.2) is 5.78 Å². The average Bonchev–Trinajstić information content (AvgIpc) is 3.21. The number of ether oxygens (including phenoxy) is 1. The van der Waals surface area contributed by atoms with Crippen molar-refractivity contribution in [1.29, 1.82) is 0 Å². The second-order valence-electron chi connectivity index (χ2n) is 9.48. The second kappa shape index (κ2) is 12.0. The number of imide groups is 1. The van der Waals surface area contributed by atoms with Crippen LogP contribution in [0.2, 0.25) is 10.0 Å². The average molecular weight is 656 g/mol. The Hall–Kier alpha value is -3.79. The third kappa shape index (κ3) is 5.98. The first-order chi connectivity index (χ1) is 19.6. The van der Waals surface area contributed by atoms with Crippen molar-refractivity contribution >= 4 is 68.6 Å². The number of hydrogen-bond acceptors (Lipinski definition) is 6. The van der Waals surface area contributed by atoms with Crippen molar-refractivity contribution in [2.24, 2.45) is 11.8 Å². The van der Waals surface area contributed by atoms with E-state index in [1.54, 1.807) is 24.3 Å². The number of carbonyl (C=O) groups is 5. The summed E-state index contributed by atoms with van der Waals surface area (Å²) in [6.07, 6.45) is 4.39. The van der Waals surface area contributed by atoms with Crippen LogP contribution in [-0.4, -0.2) is 46.0 Å². The molecule has 0 unspecified atom stereocenters. The number of ketones is 1. The molecule has 41 heavy (non-hydrogen) atoms. The molecule has 2 aliphatic rings. The molecule has 0 N–H and O–H groups in total. The van der Waals surface area contributed by atoms with Gasteiger partial charge in [0.1, 0.15) is 12.3 Å². The Morgan fingerprint density at radius 3 is 2.02 bits per heavy atom. The Morgan fingerprint density at radius 2 is 1.44 bits per heavy atom. The van der Waals surface area contributed by atoms with Gasteiger partial charge >= 0.3 is 5.97 Å². The normalized spacial score (nSPS) is 17.8. The van der Waals surface area contributed by atoms with Gasteiger partial charge in [-0.1, -0.05) is 51.3 Å². The molecule has 3 amide bonds. The Balaban J connectivity index is 1.38. The van der Waals surface area contributed by atoms with Crippen molar-refractivity contribution < 1.29 is 28.7 Å². The summed E-state index contributed by atoms with van der Waals surface area (Å²) in [6.45, 7) is -0.611. The van der Waals surface area contributed by atoms with Crippen LogP contribution in [0.15, 0.2) is 83.4 Å². The molecule has 0 aromatic heterocycles. The van der Waals surface area contributed by atoms with E-state index in [4.69, 9.17) is 27.9 Å². The maximum atomic E-state index is 13.7. The molecular formula is C30H21BrCl2N2O6. The number of nitrogens with zero attached hydrogens (tertiary/aromatic N) is 2. The van der Waals surface area contributed by atoms with Crippen molar-refractivity contribution in [2.75, 3.05) is 6.54 Å². The molecule has 208 valence electrons. The maximum absolute atomic E-state index is 13.7. The topological polar surface area (TPSA) is 101 Å². The highest BCUT2D eigenvalue weighted by molar-refractivity contribution is 9.10. The van der Waals surface area contributed by atoms with E-state index in [2.05, 4.69) is 15.9 Å². The summed E-state index contributed by atoms with van der Waals surface area (Å²) in [7, 11) is 0. The highest BCUT2D eigenvalue weighted by atomic mass is 79.9. The van der Waals surface area contributed by atoms with Gasteiger partial charge in [-0.25, -0.2) is 9.80 Å². The van der Waals surface area contributed by atoms with Crippen LogP contribution in [0, 0.1) is 11.8 Å². The first kappa shape index (κ1) is 28.7. The van der Waals surface area contributed by atoms with Gasteiger partial charge in [0.25, 0.3) is 17.7 Å². The van der Waals surface area contributed by atoms with Gasteiger partial charge in [-0.3, -0.25) is 19.2 Å². The lowest BCUT2D eigenvalue weighted by molar-refractivity contribution is -0.154. The van der Waals surface area contributed by atoms with Gasteiger partial charge < -0.3 is 4.74 Å². The van der Waals surface area contributed by atoms with Gasteiger partial charge in [-0.15, -0.1) is 0 Å². The summed E-state index contributed by atoms with van der Waals surface area (Å²) in [5, 5.41) is 1.93. The van der Waals surface area contributed by atoms with Crippen LogP contribution < -0.4 is 4.74 Å². The minimum absolute atomic E-state index is 0.00932.